The van der Waals surface area contributed by atoms with Crippen molar-refractivity contribution in [2.45, 2.75) is 0 Å². The second-order valence-corrected chi connectivity index (χ2v) is 5.59. The molecule has 2 N–H and O–H groups in total. The summed E-state index contributed by atoms with van der Waals surface area (Å²) in [4.78, 5) is 39.1. The van der Waals surface area contributed by atoms with E-state index in [1.54, 1.807) is 0 Å². The molecule has 0 saturated heterocycles. The summed E-state index contributed by atoms with van der Waals surface area (Å²) in [5.41, 5.74) is -2.40. The van der Waals surface area contributed by atoms with Crippen LogP contribution in [0.1, 0.15) is 10.4 Å². The van der Waals surface area contributed by atoms with Gasteiger partial charge in [0.2, 0.25) is 0 Å². The Kier molecular flexibility index (Phi) is 4.68. The molecule has 26 heavy (non-hydrogen) atoms. The van der Waals surface area contributed by atoms with Crippen LogP contribution < -0.4 is 16.6 Å². The summed E-state index contributed by atoms with van der Waals surface area (Å²) in [7, 11) is 0. The average Bonchev–Trinajstić information content (AvgIpc) is 2.60. The first-order chi connectivity index (χ1) is 12.4. The lowest BCUT2D eigenvalue weighted by atomic mass is 10.2. The second-order valence-electron chi connectivity index (χ2n) is 5.18. The molecule has 1 aromatic heterocycles. The van der Waals surface area contributed by atoms with E-state index in [9.17, 15) is 23.2 Å². The molecule has 0 aliphatic rings. The summed E-state index contributed by atoms with van der Waals surface area (Å²) in [6, 6.07) is 8.62. The molecular formula is C17H10ClF2N3O3. The van der Waals surface area contributed by atoms with Gasteiger partial charge in [0.15, 0.2) is 0 Å². The van der Waals surface area contributed by atoms with E-state index < -0.39 is 34.4 Å². The number of hydrogen-bond acceptors (Lipinski definition) is 3. The van der Waals surface area contributed by atoms with Gasteiger partial charge in [-0.3, -0.25) is 9.59 Å². The largest absolute Gasteiger partial charge is 0.333 e. The quantitative estimate of drug-likeness (QED) is 0.736. The summed E-state index contributed by atoms with van der Waals surface area (Å²) in [6.45, 7) is 0. The van der Waals surface area contributed by atoms with E-state index in [4.69, 9.17) is 11.6 Å². The monoisotopic (exact) mass is 377 g/mol. The number of H-pyrrole nitrogens is 1. The molecule has 0 spiro atoms. The number of aromatic nitrogens is 2. The zero-order chi connectivity index (χ0) is 18.8. The van der Waals surface area contributed by atoms with Crippen LogP contribution in [0.25, 0.3) is 5.69 Å². The van der Waals surface area contributed by atoms with Crippen LogP contribution in [0, 0.1) is 11.6 Å². The number of anilines is 1. The predicted octanol–water partition coefficient (Wildman–Crippen LogP) is 2.71. The topological polar surface area (TPSA) is 84.0 Å². The van der Waals surface area contributed by atoms with Crippen molar-refractivity contribution in [1.29, 1.82) is 0 Å². The standard InChI is InChI=1S/C17H10ClF2N3O3/c18-11-7-9(5-6-12(11)19)23-16(25)10(8-21-17(23)26)15(24)22-14-4-2-1-3-13(14)20/h1-8H,(H,21,26)(H,22,24). The van der Waals surface area contributed by atoms with E-state index in [2.05, 4.69) is 10.3 Å². The van der Waals surface area contributed by atoms with Gasteiger partial charge in [-0.15, -0.1) is 0 Å². The van der Waals surface area contributed by atoms with Crippen LogP contribution in [0.4, 0.5) is 14.5 Å². The lowest BCUT2D eigenvalue weighted by Crippen LogP contribution is -2.38. The number of nitrogens with one attached hydrogen (secondary N) is 2. The van der Waals surface area contributed by atoms with Crippen molar-refractivity contribution < 1.29 is 13.6 Å². The summed E-state index contributed by atoms with van der Waals surface area (Å²) < 4.78 is 27.6. The van der Waals surface area contributed by atoms with Crippen LogP contribution in [0.2, 0.25) is 5.02 Å². The van der Waals surface area contributed by atoms with Crippen LogP contribution in [0.15, 0.2) is 58.3 Å². The highest BCUT2D eigenvalue weighted by atomic mass is 35.5. The number of carbonyl (C=O) groups excluding carboxylic acids is 1. The van der Waals surface area contributed by atoms with E-state index in [1.165, 1.54) is 18.2 Å². The van der Waals surface area contributed by atoms with Crippen LogP contribution in [0.3, 0.4) is 0 Å². The smallest absolute Gasteiger partial charge is 0.319 e. The third-order valence-corrected chi connectivity index (χ3v) is 3.79. The molecule has 0 bridgehead atoms. The highest BCUT2D eigenvalue weighted by molar-refractivity contribution is 6.30. The van der Waals surface area contributed by atoms with Gasteiger partial charge < -0.3 is 10.3 Å². The Labute approximate surface area is 149 Å². The van der Waals surface area contributed by atoms with Crippen LogP contribution in [-0.4, -0.2) is 15.5 Å². The highest BCUT2D eigenvalue weighted by Gasteiger charge is 2.17. The van der Waals surface area contributed by atoms with Crippen molar-refractivity contribution >= 4 is 23.2 Å². The van der Waals surface area contributed by atoms with E-state index in [-0.39, 0.29) is 16.4 Å². The van der Waals surface area contributed by atoms with Crippen molar-refractivity contribution in [1.82, 2.24) is 9.55 Å². The van der Waals surface area contributed by atoms with Gasteiger partial charge in [-0.1, -0.05) is 23.7 Å². The maximum Gasteiger partial charge on any atom is 0.333 e. The number of nitrogens with zero attached hydrogens (tertiary/aromatic N) is 1. The molecule has 0 fully saturated rings. The molecule has 2 aromatic carbocycles. The molecule has 6 nitrogen and oxygen atoms in total. The lowest BCUT2D eigenvalue weighted by molar-refractivity contribution is 0.102. The number of amides is 1. The molecule has 0 unspecified atom stereocenters. The fourth-order valence-corrected chi connectivity index (χ4v) is 2.42. The second kappa shape index (κ2) is 6.93. The van der Waals surface area contributed by atoms with Gasteiger partial charge >= 0.3 is 5.69 Å². The maximum atomic E-state index is 13.7. The van der Waals surface area contributed by atoms with E-state index in [0.29, 0.717) is 4.57 Å². The minimum absolute atomic E-state index is 0.0248. The first-order valence-electron chi connectivity index (χ1n) is 7.24. The van der Waals surface area contributed by atoms with Gasteiger partial charge in [-0.2, -0.15) is 0 Å². The third-order valence-electron chi connectivity index (χ3n) is 3.50. The Morgan fingerprint density at radius 2 is 1.81 bits per heavy atom. The molecule has 132 valence electrons. The SMILES string of the molecule is O=C(Nc1ccccc1F)c1c[nH]c(=O)n(-c2ccc(F)c(Cl)c2)c1=O. The van der Waals surface area contributed by atoms with E-state index in [0.717, 1.165) is 30.5 Å². The number of para-hydroxylation sites is 1. The van der Waals surface area contributed by atoms with Crippen molar-refractivity contribution in [3.05, 3.63) is 91.7 Å². The molecular weight excluding hydrogens is 368 g/mol. The summed E-state index contributed by atoms with van der Waals surface area (Å²) in [5, 5.41) is 1.95. The van der Waals surface area contributed by atoms with Gasteiger partial charge in [0.05, 0.1) is 16.4 Å². The Bertz CT molecular complexity index is 1120. The molecule has 3 aromatic rings. The Hall–Kier alpha value is -3.26. The van der Waals surface area contributed by atoms with Crippen LogP contribution in [-0.2, 0) is 0 Å². The average molecular weight is 378 g/mol. The zero-order valence-electron chi connectivity index (χ0n) is 12.9. The van der Waals surface area contributed by atoms with Gasteiger partial charge in [0.1, 0.15) is 17.2 Å². The number of carbonyl (C=O) groups is 1. The number of rotatable bonds is 3. The number of hydrogen-bond donors (Lipinski definition) is 2. The first kappa shape index (κ1) is 17.6. The van der Waals surface area contributed by atoms with E-state index in [1.807, 2.05) is 0 Å². The lowest BCUT2D eigenvalue weighted by Gasteiger charge is -2.09. The Morgan fingerprint density at radius 1 is 1.08 bits per heavy atom. The van der Waals surface area contributed by atoms with Crippen molar-refractivity contribution in [3.8, 4) is 5.69 Å². The van der Waals surface area contributed by atoms with Crippen LogP contribution in [0.5, 0.6) is 0 Å². The minimum Gasteiger partial charge on any atom is -0.319 e. The molecule has 1 amide bonds. The molecule has 9 heteroatoms. The molecule has 3 rings (SSSR count). The highest BCUT2D eigenvalue weighted by Crippen LogP contribution is 2.17. The first-order valence-corrected chi connectivity index (χ1v) is 7.62. The number of halogens is 3. The molecule has 0 aliphatic carbocycles. The molecule has 0 aliphatic heterocycles. The summed E-state index contributed by atoms with van der Waals surface area (Å²) >= 11 is 5.67. The summed E-state index contributed by atoms with van der Waals surface area (Å²) in [6.07, 6.45) is 0.919. The fourth-order valence-electron chi connectivity index (χ4n) is 2.25. The van der Waals surface area contributed by atoms with Crippen LogP contribution >= 0.6 is 11.6 Å². The number of aromatic amines is 1. The molecule has 0 atom stereocenters. The Balaban J connectivity index is 2.06. The maximum absolute atomic E-state index is 13.7. The zero-order valence-corrected chi connectivity index (χ0v) is 13.7. The van der Waals surface area contributed by atoms with E-state index >= 15 is 0 Å². The van der Waals surface area contributed by atoms with Gasteiger partial charge in [0, 0.05) is 6.20 Å². The number of benzene rings is 2. The van der Waals surface area contributed by atoms with Crippen molar-refractivity contribution in [3.63, 3.8) is 0 Å². The van der Waals surface area contributed by atoms with Gasteiger partial charge in [-0.05, 0) is 30.3 Å². The van der Waals surface area contributed by atoms with Gasteiger partial charge in [0.25, 0.3) is 11.5 Å². The minimum atomic E-state index is -0.967. The predicted molar refractivity (Wildman–Crippen MR) is 92.0 cm³/mol. The van der Waals surface area contributed by atoms with Crippen molar-refractivity contribution in [2.75, 3.05) is 5.32 Å². The van der Waals surface area contributed by atoms with Crippen molar-refractivity contribution in [2.24, 2.45) is 0 Å². The Morgan fingerprint density at radius 3 is 2.50 bits per heavy atom. The fraction of sp³-hybridized carbons (Fsp3) is 0. The molecule has 0 radical (unpaired) electrons. The summed E-state index contributed by atoms with van der Waals surface area (Å²) in [5.74, 6) is -2.33. The molecule has 0 saturated carbocycles. The molecule has 1 heterocycles. The van der Waals surface area contributed by atoms with Gasteiger partial charge in [-0.25, -0.2) is 18.1 Å². The third kappa shape index (κ3) is 3.27. The normalized spacial score (nSPS) is 10.6.